The van der Waals surface area contributed by atoms with E-state index >= 15 is 0 Å². The fraction of sp³-hybridized carbons (Fsp3) is 0.636. The Morgan fingerprint density at radius 3 is 2.78 bits per heavy atom. The average molecular weight is 455 g/mol. The van der Waals surface area contributed by atoms with E-state index in [2.05, 4.69) is 46.9 Å². The van der Waals surface area contributed by atoms with E-state index < -0.39 is 46.1 Å². The fourth-order valence-electron chi connectivity index (χ4n) is 2.28. The molecule has 0 spiro atoms. The number of hydrogen-bond donors (Lipinski definition) is 3. The number of nitrogens with zero attached hydrogens (tertiary/aromatic N) is 4. The van der Waals surface area contributed by atoms with Crippen LogP contribution in [0.15, 0.2) is 20.9 Å². The van der Waals surface area contributed by atoms with Crippen molar-refractivity contribution < 1.29 is 14.9 Å². The second-order valence-corrected chi connectivity index (χ2v) is 8.05. The molecule has 10 nitrogen and oxygen atoms in total. The number of aliphatic hydroxyl groups is 2. The van der Waals surface area contributed by atoms with E-state index in [-0.39, 0.29) is 12.0 Å². The van der Waals surface area contributed by atoms with Crippen LogP contribution in [0.1, 0.15) is 24.3 Å². The summed E-state index contributed by atoms with van der Waals surface area (Å²) in [5.74, 6) is 0. The maximum absolute atomic E-state index is 12.0. The zero-order chi connectivity index (χ0) is 17.1. The number of rotatable bonds is 5. The summed E-state index contributed by atoms with van der Waals surface area (Å²) in [6, 6.07) is -0.907. The van der Waals surface area contributed by atoms with Gasteiger partial charge in [-0.05, 0) is 5.53 Å². The highest BCUT2D eigenvalue weighted by Crippen LogP contribution is 2.31. The van der Waals surface area contributed by atoms with Gasteiger partial charge in [-0.3, -0.25) is 14.3 Å². The van der Waals surface area contributed by atoms with Gasteiger partial charge in [-0.2, -0.15) is 0 Å². The number of aromatic amines is 1. The number of halogens is 2. The van der Waals surface area contributed by atoms with Gasteiger partial charge >= 0.3 is 5.69 Å². The van der Waals surface area contributed by atoms with Gasteiger partial charge in [0.25, 0.3) is 5.56 Å². The van der Waals surface area contributed by atoms with Crippen molar-refractivity contribution in [3.05, 3.63) is 43.0 Å². The van der Waals surface area contributed by atoms with Gasteiger partial charge in [0.05, 0.1) is 22.5 Å². The molecular formula is C11H13Br2N5O5. The summed E-state index contributed by atoms with van der Waals surface area (Å²) in [4.78, 5) is 28.8. The first-order valence-corrected chi connectivity index (χ1v) is 8.34. The van der Waals surface area contributed by atoms with Crippen molar-refractivity contribution >= 4 is 31.9 Å². The number of H-pyrrole nitrogens is 1. The van der Waals surface area contributed by atoms with Crippen LogP contribution in [0, 0.1) is 0 Å². The van der Waals surface area contributed by atoms with E-state index in [0.29, 0.717) is 0 Å². The van der Waals surface area contributed by atoms with E-state index in [9.17, 15) is 14.7 Å². The third-order valence-electron chi connectivity index (χ3n) is 3.42. The van der Waals surface area contributed by atoms with Crippen LogP contribution < -0.4 is 11.2 Å². The molecule has 0 radical (unpaired) electrons. The van der Waals surface area contributed by atoms with Gasteiger partial charge in [0, 0.05) is 23.1 Å². The van der Waals surface area contributed by atoms with Gasteiger partial charge in [-0.25, -0.2) is 4.79 Å². The first-order chi connectivity index (χ1) is 10.9. The minimum Gasteiger partial charge on any atom is -0.394 e. The van der Waals surface area contributed by atoms with Gasteiger partial charge in [0.15, 0.2) is 0 Å². The number of azide groups is 1. The van der Waals surface area contributed by atoms with Gasteiger partial charge in [0.1, 0.15) is 12.3 Å². The topological polar surface area (TPSA) is 153 Å². The van der Waals surface area contributed by atoms with Crippen molar-refractivity contribution in [2.24, 2.45) is 5.11 Å². The molecule has 1 aliphatic rings. The summed E-state index contributed by atoms with van der Waals surface area (Å²) in [7, 11) is 0. The Balaban J connectivity index is 2.47. The van der Waals surface area contributed by atoms with E-state index in [1.54, 1.807) is 0 Å². The van der Waals surface area contributed by atoms with Crippen LogP contribution in [0.5, 0.6) is 0 Å². The molecule has 0 aliphatic carbocycles. The largest absolute Gasteiger partial charge is 0.394 e. The van der Waals surface area contributed by atoms with Crippen molar-refractivity contribution in [2.45, 2.75) is 34.6 Å². The van der Waals surface area contributed by atoms with Gasteiger partial charge in [0.2, 0.25) is 0 Å². The fourth-order valence-corrected chi connectivity index (χ4v) is 3.06. The number of hydrogen-bond acceptors (Lipinski definition) is 6. The summed E-state index contributed by atoms with van der Waals surface area (Å²) < 4.78 is 5.96. The maximum Gasteiger partial charge on any atom is 0.330 e. The lowest BCUT2D eigenvalue weighted by Crippen LogP contribution is -2.35. The number of aliphatic hydroxyl groups excluding tert-OH is 2. The summed E-state index contributed by atoms with van der Waals surface area (Å²) in [6.45, 7) is -0.394. The Morgan fingerprint density at radius 2 is 2.26 bits per heavy atom. The van der Waals surface area contributed by atoms with Crippen molar-refractivity contribution in [3.63, 3.8) is 0 Å². The molecule has 0 aromatic carbocycles. The number of aromatic nitrogens is 2. The minimum atomic E-state index is -0.930. The number of nitrogens with one attached hydrogen (secondary N) is 1. The molecule has 0 bridgehead atoms. The lowest BCUT2D eigenvalue weighted by atomic mass is 10.1. The number of alkyl halides is 2. The van der Waals surface area contributed by atoms with Crippen LogP contribution in [-0.2, 0) is 4.74 Å². The Labute approximate surface area is 146 Å². The van der Waals surface area contributed by atoms with Crippen LogP contribution in [0.25, 0.3) is 10.4 Å². The zero-order valence-corrected chi connectivity index (χ0v) is 14.7. The maximum atomic E-state index is 12.0. The van der Waals surface area contributed by atoms with Crippen LogP contribution in [0.3, 0.4) is 0 Å². The lowest BCUT2D eigenvalue weighted by molar-refractivity contribution is -0.0460. The third-order valence-corrected chi connectivity index (χ3v) is 4.42. The van der Waals surface area contributed by atoms with Gasteiger partial charge in [-0.15, -0.1) is 0 Å². The highest BCUT2D eigenvalue weighted by atomic mass is 79.9. The molecule has 0 amide bonds. The van der Waals surface area contributed by atoms with Crippen molar-refractivity contribution in [2.75, 3.05) is 6.61 Å². The predicted octanol–water partition coefficient (Wildman–Crippen LogP) is 0.645. The van der Waals surface area contributed by atoms with E-state index in [4.69, 9.17) is 15.4 Å². The summed E-state index contributed by atoms with van der Waals surface area (Å²) in [5, 5.41) is 22.4. The molecule has 0 saturated carbocycles. The summed E-state index contributed by atoms with van der Waals surface area (Å²) >= 11 is 6.35. The molecule has 12 heteroatoms. The first-order valence-electron chi connectivity index (χ1n) is 6.51. The molecule has 4 unspecified atom stereocenters. The molecule has 1 aromatic heterocycles. The van der Waals surface area contributed by atoms with Crippen LogP contribution in [0.2, 0.25) is 0 Å². The zero-order valence-electron chi connectivity index (χ0n) is 11.5. The molecule has 126 valence electrons. The predicted molar refractivity (Wildman–Crippen MR) is 86.5 cm³/mol. The van der Waals surface area contributed by atoms with Crippen molar-refractivity contribution in [1.82, 2.24) is 9.55 Å². The van der Waals surface area contributed by atoms with E-state index in [1.165, 1.54) is 6.20 Å². The quantitative estimate of drug-likeness (QED) is 0.258. The molecule has 23 heavy (non-hydrogen) atoms. The Bertz CT molecular complexity index is 728. The summed E-state index contributed by atoms with van der Waals surface area (Å²) in [6.07, 6.45) is -1.28. The first kappa shape index (κ1) is 18.2. The lowest BCUT2D eigenvalue weighted by Gasteiger charge is -2.17. The molecule has 2 rings (SSSR count). The Hall–Kier alpha value is -1.17. The highest BCUT2D eigenvalue weighted by molar-refractivity contribution is 9.24. The van der Waals surface area contributed by atoms with E-state index in [1.807, 2.05) is 0 Å². The molecule has 1 aliphatic heterocycles. The monoisotopic (exact) mass is 453 g/mol. The normalized spacial score (nSPS) is 25.3. The van der Waals surface area contributed by atoms with E-state index in [0.717, 1.165) is 4.57 Å². The third kappa shape index (κ3) is 3.84. The molecular weight excluding hydrogens is 442 g/mol. The second-order valence-electron chi connectivity index (χ2n) is 4.85. The second kappa shape index (κ2) is 7.60. The molecule has 4 atom stereocenters. The average Bonchev–Trinajstić information content (AvgIpc) is 2.86. The summed E-state index contributed by atoms with van der Waals surface area (Å²) in [5.41, 5.74) is 7.26. The smallest absolute Gasteiger partial charge is 0.330 e. The van der Waals surface area contributed by atoms with Crippen LogP contribution >= 0.6 is 31.9 Å². The highest BCUT2D eigenvalue weighted by Gasteiger charge is 2.35. The number of ether oxygens (including phenoxy) is 1. The molecule has 1 fully saturated rings. The molecule has 1 saturated heterocycles. The minimum absolute atomic E-state index is 0.0479. The Kier molecular flexibility index (Phi) is 6.00. The van der Waals surface area contributed by atoms with Gasteiger partial charge < -0.3 is 14.9 Å². The van der Waals surface area contributed by atoms with Gasteiger partial charge in [-0.1, -0.05) is 37.0 Å². The standard InChI is InChI=1S/C11H13Br2N5O5/c12-9(13)8(16-17-14)4-2-18(11(22)15-10(4)21)7-1-5(20)6(3-19)23-7/h2,5-9,19-20H,1,3H2,(H,15,21,22). The molecule has 3 N–H and O–H groups in total. The van der Waals surface area contributed by atoms with Crippen molar-refractivity contribution in [1.29, 1.82) is 0 Å². The molecule has 1 aromatic rings. The SMILES string of the molecule is [N-]=[N+]=NC(c1cn(C2CC(O)C(CO)O2)c(=O)[nH]c1=O)C(Br)Br. The van der Waals surface area contributed by atoms with Crippen molar-refractivity contribution in [3.8, 4) is 0 Å². The Morgan fingerprint density at radius 1 is 1.57 bits per heavy atom. The van der Waals surface area contributed by atoms with Crippen LogP contribution in [0.4, 0.5) is 0 Å². The van der Waals surface area contributed by atoms with Crippen LogP contribution in [-0.4, -0.2) is 42.3 Å². The molecule has 2 heterocycles.